The first kappa shape index (κ1) is 22.2. The topological polar surface area (TPSA) is 125 Å². The van der Waals surface area contributed by atoms with Gasteiger partial charge in [-0.1, -0.05) is 22.1 Å². The first-order valence-corrected chi connectivity index (χ1v) is 11.2. The second kappa shape index (κ2) is 8.36. The Morgan fingerprint density at radius 1 is 1.20 bits per heavy atom. The standard InChI is InChI=1S/C18H18ClN3O6S2/c1-9(12-5-4-8-29-12)20-13-14(17(25)16(13)24)21-11-7-6-10(19)18(15(11)23)30(26,27)22(2)28-3/h4-9,20-21,23H,1-3H3/t9-/m0/s1. The highest BCUT2D eigenvalue weighted by Gasteiger charge is 2.30. The number of hydrogen-bond acceptors (Lipinski definition) is 9. The number of nitrogens with zero attached hydrogens (tertiary/aromatic N) is 1. The van der Waals surface area contributed by atoms with E-state index in [2.05, 4.69) is 10.6 Å². The van der Waals surface area contributed by atoms with E-state index in [0.29, 0.717) is 4.47 Å². The number of phenols is 1. The number of aromatic hydroxyl groups is 1. The highest BCUT2D eigenvalue weighted by Crippen LogP contribution is 2.40. The third-order valence-corrected chi connectivity index (χ3v) is 7.68. The van der Waals surface area contributed by atoms with Crippen LogP contribution in [0.15, 0.2) is 44.1 Å². The van der Waals surface area contributed by atoms with Gasteiger partial charge in [-0.15, -0.1) is 11.3 Å². The fourth-order valence-corrected chi connectivity index (χ4v) is 5.03. The minimum Gasteiger partial charge on any atom is -0.504 e. The minimum atomic E-state index is -4.28. The third kappa shape index (κ3) is 3.82. The number of thiophene rings is 1. The molecule has 1 aromatic heterocycles. The summed E-state index contributed by atoms with van der Waals surface area (Å²) in [4.78, 5) is 29.2. The molecule has 0 unspecified atom stereocenters. The maximum absolute atomic E-state index is 12.6. The Balaban J connectivity index is 1.97. The lowest BCUT2D eigenvalue weighted by molar-refractivity contribution is -0.0259. The van der Waals surface area contributed by atoms with Crippen LogP contribution in [-0.4, -0.2) is 32.2 Å². The summed E-state index contributed by atoms with van der Waals surface area (Å²) >= 11 is 7.47. The van der Waals surface area contributed by atoms with Crippen LogP contribution in [0.3, 0.4) is 0 Å². The van der Waals surface area contributed by atoms with E-state index in [-0.39, 0.29) is 28.1 Å². The summed E-state index contributed by atoms with van der Waals surface area (Å²) in [6.07, 6.45) is 0. The van der Waals surface area contributed by atoms with Gasteiger partial charge in [0, 0.05) is 11.9 Å². The zero-order chi connectivity index (χ0) is 22.2. The molecule has 0 aliphatic rings. The van der Waals surface area contributed by atoms with Crippen LogP contribution >= 0.6 is 22.9 Å². The Labute approximate surface area is 181 Å². The average molecular weight is 472 g/mol. The van der Waals surface area contributed by atoms with Crippen LogP contribution in [0.2, 0.25) is 5.02 Å². The number of anilines is 3. The summed E-state index contributed by atoms with van der Waals surface area (Å²) < 4.78 is 25.7. The molecular formula is C18H18ClN3O6S2. The second-order valence-corrected chi connectivity index (χ2v) is 9.54. The van der Waals surface area contributed by atoms with Gasteiger partial charge in [-0.05, 0) is 30.5 Å². The number of hydroxylamine groups is 1. The molecule has 0 aliphatic carbocycles. The lowest BCUT2D eigenvalue weighted by Gasteiger charge is -2.21. The Hall–Kier alpha value is -2.44. The molecule has 0 spiro atoms. The van der Waals surface area contributed by atoms with Crippen molar-refractivity contribution < 1.29 is 18.4 Å². The molecule has 3 aromatic rings. The van der Waals surface area contributed by atoms with Crippen molar-refractivity contribution in [2.24, 2.45) is 0 Å². The molecule has 3 rings (SSSR count). The number of halogens is 1. The van der Waals surface area contributed by atoms with Gasteiger partial charge in [0.2, 0.25) is 0 Å². The van der Waals surface area contributed by atoms with Crippen molar-refractivity contribution in [3.8, 4) is 5.75 Å². The lowest BCUT2D eigenvalue weighted by atomic mass is 10.1. The Kier molecular flexibility index (Phi) is 6.20. The van der Waals surface area contributed by atoms with Gasteiger partial charge < -0.3 is 15.7 Å². The van der Waals surface area contributed by atoms with Crippen LogP contribution < -0.4 is 21.5 Å². The van der Waals surface area contributed by atoms with Gasteiger partial charge in [-0.3, -0.25) is 14.4 Å². The molecule has 0 fully saturated rings. The molecule has 9 nitrogen and oxygen atoms in total. The monoisotopic (exact) mass is 471 g/mol. The number of rotatable bonds is 8. The van der Waals surface area contributed by atoms with Crippen molar-refractivity contribution in [2.75, 3.05) is 24.8 Å². The fourth-order valence-electron chi connectivity index (χ4n) is 2.73. The van der Waals surface area contributed by atoms with Gasteiger partial charge in [-0.25, -0.2) is 8.42 Å². The predicted molar refractivity (Wildman–Crippen MR) is 116 cm³/mol. The predicted octanol–water partition coefficient (Wildman–Crippen LogP) is 2.80. The number of phenolic OH excluding ortho intramolecular Hbond substituents is 1. The molecular weight excluding hydrogens is 454 g/mol. The molecule has 3 N–H and O–H groups in total. The molecule has 0 amide bonds. The van der Waals surface area contributed by atoms with Crippen LogP contribution in [0.5, 0.6) is 5.75 Å². The van der Waals surface area contributed by atoms with Gasteiger partial charge in [0.25, 0.3) is 20.9 Å². The van der Waals surface area contributed by atoms with E-state index < -0.39 is 31.5 Å². The summed E-state index contributed by atoms with van der Waals surface area (Å²) in [6.45, 7) is 1.83. The van der Waals surface area contributed by atoms with E-state index in [1.807, 2.05) is 24.4 Å². The van der Waals surface area contributed by atoms with Crippen LogP contribution in [0, 0.1) is 0 Å². The van der Waals surface area contributed by atoms with E-state index in [1.165, 1.54) is 23.5 Å². The summed E-state index contributed by atoms with van der Waals surface area (Å²) in [7, 11) is -2.00. The van der Waals surface area contributed by atoms with E-state index in [0.717, 1.165) is 19.0 Å². The molecule has 12 heteroatoms. The molecule has 0 saturated heterocycles. The third-order valence-electron chi connectivity index (χ3n) is 4.44. The molecule has 1 atom stereocenters. The van der Waals surface area contributed by atoms with Crippen LogP contribution in [0.25, 0.3) is 0 Å². The van der Waals surface area contributed by atoms with Crippen molar-refractivity contribution in [3.63, 3.8) is 0 Å². The first-order chi connectivity index (χ1) is 14.1. The maximum Gasteiger partial charge on any atom is 0.269 e. The van der Waals surface area contributed by atoms with Crippen molar-refractivity contribution >= 4 is 50.0 Å². The number of sulfonamides is 1. The van der Waals surface area contributed by atoms with Gasteiger partial charge in [0.1, 0.15) is 16.3 Å². The number of nitrogens with one attached hydrogen (secondary N) is 2. The minimum absolute atomic E-state index is 0.0497. The number of benzene rings is 1. The zero-order valence-corrected chi connectivity index (χ0v) is 18.5. The molecule has 0 saturated carbocycles. The van der Waals surface area contributed by atoms with Crippen molar-refractivity contribution in [3.05, 3.63) is 60.0 Å². The Morgan fingerprint density at radius 3 is 2.47 bits per heavy atom. The average Bonchev–Trinajstić information content (AvgIpc) is 3.25. The quantitative estimate of drug-likeness (QED) is 0.260. The van der Waals surface area contributed by atoms with Gasteiger partial charge in [0.05, 0.1) is 23.9 Å². The highest BCUT2D eigenvalue weighted by atomic mass is 35.5. The van der Waals surface area contributed by atoms with E-state index in [9.17, 15) is 23.1 Å². The summed E-state index contributed by atoms with van der Waals surface area (Å²) in [5.74, 6) is -0.711. The molecule has 0 radical (unpaired) electrons. The first-order valence-electron chi connectivity index (χ1n) is 8.54. The van der Waals surface area contributed by atoms with Gasteiger partial charge >= 0.3 is 0 Å². The summed E-state index contributed by atoms with van der Waals surface area (Å²) in [6, 6.07) is 6.05. The van der Waals surface area contributed by atoms with Crippen LogP contribution in [0.4, 0.5) is 17.1 Å². The van der Waals surface area contributed by atoms with Gasteiger partial charge in [0.15, 0.2) is 5.75 Å². The second-order valence-electron chi connectivity index (χ2n) is 6.28. The highest BCUT2D eigenvalue weighted by molar-refractivity contribution is 7.89. The van der Waals surface area contributed by atoms with Crippen LogP contribution in [-0.2, 0) is 14.9 Å². The fraction of sp³-hybridized carbons (Fsp3) is 0.222. The molecule has 30 heavy (non-hydrogen) atoms. The summed E-state index contributed by atoms with van der Waals surface area (Å²) in [5, 5.41) is 17.8. The van der Waals surface area contributed by atoms with Crippen molar-refractivity contribution in [2.45, 2.75) is 17.9 Å². The molecule has 1 heterocycles. The van der Waals surface area contributed by atoms with Crippen molar-refractivity contribution in [1.29, 1.82) is 0 Å². The summed E-state index contributed by atoms with van der Waals surface area (Å²) in [5.41, 5.74) is -1.63. The molecule has 0 aliphatic heterocycles. The van der Waals surface area contributed by atoms with Crippen molar-refractivity contribution in [1.82, 2.24) is 4.47 Å². The normalized spacial score (nSPS) is 13.0. The van der Waals surface area contributed by atoms with Crippen LogP contribution in [0.1, 0.15) is 17.8 Å². The van der Waals surface area contributed by atoms with E-state index in [1.54, 1.807) is 0 Å². The van der Waals surface area contributed by atoms with Gasteiger partial charge in [-0.2, -0.15) is 0 Å². The lowest BCUT2D eigenvalue weighted by Crippen LogP contribution is -2.37. The Morgan fingerprint density at radius 2 is 1.87 bits per heavy atom. The SMILES string of the molecule is CON(C)S(=O)(=O)c1c(Cl)ccc(Nc2c(N[C@@H](C)c3cccs3)c(=O)c2=O)c1O. The largest absolute Gasteiger partial charge is 0.504 e. The Bertz CT molecular complexity index is 1250. The van der Waals surface area contributed by atoms with E-state index in [4.69, 9.17) is 16.4 Å². The zero-order valence-electron chi connectivity index (χ0n) is 16.1. The molecule has 160 valence electrons. The smallest absolute Gasteiger partial charge is 0.269 e. The molecule has 2 aromatic carbocycles. The molecule has 0 bridgehead atoms. The van der Waals surface area contributed by atoms with E-state index >= 15 is 0 Å². The maximum atomic E-state index is 12.6. The number of hydrogen-bond donors (Lipinski definition) is 3.